The van der Waals surface area contributed by atoms with Gasteiger partial charge in [0.1, 0.15) is 0 Å². The summed E-state index contributed by atoms with van der Waals surface area (Å²) in [4.78, 5) is 3.74. The standard InChI is InChI=1S/C13H21BrN2S/c1-16(2)13(7-3-4-8-13)11(15)9-10-5-6-12(14)17-10/h5-6,11H,3-4,7-9,15H2,1-2H3. The fourth-order valence-electron chi connectivity index (χ4n) is 3.01. The maximum atomic E-state index is 6.51. The van der Waals surface area contributed by atoms with Crippen LogP contribution in [0.4, 0.5) is 0 Å². The number of likely N-dealkylation sites (N-methyl/N-ethyl adjacent to an activating group) is 1. The summed E-state index contributed by atoms with van der Waals surface area (Å²) >= 11 is 5.32. The minimum absolute atomic E-state index is 0.219. The van der Waals surface area contributed by atoms with E-state index in [9.17, 15) is 0 Å². The largest absolute Gasteiger partial charge is 0.326 e. The van der Waals surface area contributed by atoms with Crippen LogP contribution in [0.5, 0.6) is 0 Å². The van der Waals surface area contributed by atoms with E-state index in [0.29, 0.717) is 0 Å². The van der Waals surface area contributed by atoms with E-state index in [4.69, 9.17) is 5.73 Å². The molecule has 1 aromatic heterocycles. The maximum absolute atomic E-state index is 6.51. The van der Waals surface area contributed by atoms with Gasteiger partial charge in [0.25, 0.3) is 0 Å². The van der Waals surface area contributed by atoms with Crippen LogP contribution in [0.15, 0.2) is 15.9 Å². The number of hydrogen-bond donors (Lipinski definition) is 1. The quantitative estimate of drug-likeness (QED) is 0.923. The lowest BCUT2D eigenvalue weighted by atomic mass is 9.85. The van der Waals surface area contributed by atoms with Crippen LogP contribution in [0.2, 0.25) is 0 Å². The second-order valence-corrected chi connectivity index (χ2v) is 7.77. The van der Waals surface area contributed by atoms with Gasteiger partial charge in [-0.15, -0.1) is 11.3 Å². The summed E-state index contributed by atoms with van der Waals surface area (Å²) in [7, 11) is 4.35. The van der Waals surface area contributed by atoms with Crippen molar-refractivity contribution in [2.24, 2.45) is 5.73 Å². The Hall–Kier alpha value is 0.1000. The first-order valence-corrected chi connectivity index (χ1v) is 7.83. The first kappa shape index (κ1) is 13.5. The van der Waals surface area contributed by atoms with Gasteiger partial charge in [0.05, 0.1) is 3.79 Å². The summed E-state index contributed by atoms with van der Waals surface area (Å²) in [6, 6.07) is 4.54. The minimum atomic E-state index is 0.219. The summed E-state index contributed by atoms with van der Waals surface area (Å²) in [5, 5.41) is 0. The molecule has 2 rings (SSSR count). The Kier molecular flexibility index (Phi) is 4.29. The van der Waals surface area contributed by atoms with E-state index in [1.165, 1.54) is 34.3 Å². The fraction of sp³-hybridized carbons (Fsp3) is 0.692. The van der Waals surface area contributed by atoms with Crippen molar-refractivity contribution in [3.8, 4) is 0 Å². The molecule has 2 N–H and O–H groups in total. The van der Waals surface area contributed by atoms with E-state index < -0.39 is 0 Å². The van der Waals surface area contributed by atoms with Gasteiger partial charge in [-0.25, -0.2) is 0 Å². The van der Waals surface area contributed by atoms with Crippen molar-refractivity contribution < 1.29 is 0 Å². The SMILES string of the molecule is CN(C)C1(C(N)Cc2ccc(Br)s2)CCCC1. The van der Waals surface area contributed by atoms with Crippen LogP contribution in [0.25, 0.3) is 0 Å². The second kappa shape index (κ2) is 5.39. The maximum Gasteiger partial charge on any atom is 0.0701 e. The third-order valence-corrected chi connectivity index (χ3v) is 5.75. The summed E-state index contributed by atoms with van der Waals surface area (Å²) in [6.45, 7) is 0. The molecule has 1 aliphatic carbocycles. The molecule has 0 aliphatic heterocycles. The Balaban J connectivity index is 2.09. The number of nitrogens with zero attached hydrogens (tertiary/aromatic N) is 1. The van der Waals surface area contributed by atoms with Crippen LogP contribution in [0, 0.1) is 0 Å². The lowest BCUT2D eigenvalue weighted by Gasteiger charge is -2.41. The van der Waals surface area contributed by atoms with Crippen molar-refractivity contribution in [1.82, 2.24) is 4.90 Å². The molecule has 1 aromatic rings. The topological polar surface area (TPSA) is 29.3 Å². The molecule has 0 saturated heterocycles. The van der Waals surface area contributed by atoms with Crippen LogP contribution in [0.3, 0.4) is 0 Å². The molecule has 1 fully saturated rings. The van der Waals surface area contributed by atoms with Gasteiger partial charge >= 0.3 is 0 Å². The Labute approximate surface area is 116 Å². The van der Waals surface area contributed by atoms with Crippen LogP contribution in [0.1, 0.15) is 30.6 Å². The number of halogens is 1. The molecule has 4 heteroatoms. The molecule has 17 heavy (non-hydrogen) atoms. The molecule has 96 valence electrons. The van der Waals surface area contributed by atoms with Gasteiger partial charge in [0.2, 0.25) is 0 Å². The number of nitrogens with two attached hydrogens (primary N) is 1. The molecule has 1 atom stereocenters. The average molecular weight is 317 g/mol. The van der Waals surface area contributed by atoms with Gasteiger partial charge < -0.3 is 10.6 Å². The van der Waals surface area contributed by atoms with Crippen LogP contribution in [-0.4, -0.2) is 30.6 Å². The molecule has 1 unspecified atom stereocenters. The van der Waals surface area contributed by atoms with Crippen LogP contribution < -0.4 is 5.73 Å². The molecule has 0 spiro atoms. The first-order valence-electron chi connectivity index (χ1n) is 6.22. The smallest absolute Gasteiger partial charge is 0.0701 e. The number of thiophene rings is 1. The molecule has 1 heterocycles. The molecular weight excluding hydrogens is 296 g/mol. The lowest BCUT2D eigenvalue weighted by molar-refractivity contribution is 0.123. The molecule has 1 saturated carbocycles. The summed E-state index contributed by atoms with van der Waals surface area (Å²) in [5.74, 6) is 0. The molecule has 0 bridgehead atoms. The third kappa shape index (κ3) is 2.75. The summed E-state index contributed by atoms with van der Waals surface area (Å²) in [6.07, 6.45) is 6.12. The molecule has 0 radical (unpaired) electrons. The molecule has 0 amide bonds. The van der Waals surface area contributed by atoms with Gasteiger partial charge in [-0.1, -0.05) is 12.8 Å². The van der Waals surface area contributed by atoms with Gasteiger partial charge in [-0.3, -0.25) is 0 Å². The van der Waals surface area contributed by atoms with Gasteiger partial charge in [0.15, 0.2) is 0 Å². The number of rotatable bonds is 4. The summed E-state index contributed by atoms with van der Waals surface area (Å²) < 4.78 is 1.20. The first-order chi connectivity index (χ1) is 8.04. The van der Waals surface area contributed by atoms with Crippen molar-refractivity contribution in [1.29, 1.82) is 0 Å². The van der Waals surface area contributed by atoms with Gasteiger partial charge in [0, 0.05) is 16.5 Å². The Morgan fingerprint density at radius 1 is 1.41 bits per heavy atom. The highest BCUT2D eigenvalue weighted by Gasteiger charge is 2.41. The average Bonchev–Trinajstić information content (AvgIpc) is 2.87. The Morgan fingerprint density at radius 2 is 2.06 bits per heavy atom. The van der Waals surface area contributed by atoms with E-state index >= 15 is 0 Å². The molecule has 0 aromatic carbocycles. The zero-order chi connectivity index (χ0) is 12.5. The minimum Gasteiger partial charge on any atom is -0.326 e. The van der Waals surface area contributed by atoms with Crippen molar-refractivity contribution in [3.05, 3.63) is 20.8 Å². The van der Waals surface area contributed by atoms with Gasteiger partial charge in [-0.05, 0) is 61.4 Å². The highest BCUT2D eigenvalue weighted by Crippen LogP contribution is 2.37. The number of hydrogen-bond acceptors (Lipinski definition) is 3. The Bertz CT molecular complexity index is 369. The molecule has 2 nitrogen and oxygen atoms in total. The normalized spacial score (nSPS) is 21.0. The highest BCUT2D eigenvalue weighted by atomic mass is 79.9. The van der Waals surface area contributed by atoms with E-state index in [1.807, 2.05) is 0 Å². The van der Waals surface area contributed by atoms with Crippen LogP contribution >= 0.6 is 27.3 Å². The zero-order valence-corrected chi connectivity index (χ0v) is 13.0. The third-order valence-electron chi connectivity index (χ3n) is 4.10. The molecular formula is C13H21BrN2S. The predicted octanol–water partition coefficient (Wildman–Crippen LogP) is 3.25. The van der Waals surface area contributed by atoms with Crippen molar-refractivity contribution in [2.45, 2.75) is 43.7 Å². The second-order valence-electron chi connectivity index (χ2n) is 5.22. The highest BCUT2D eigenvalue weighted by molar-refractivity contribution is 9.11. The van der Waals surface area contributed by atoms with Crippen LogP contribution in [-0.2, 0) is 6.42 Å². The van der Waals surface area contributed by atoms with Crippen molar-refractivity contribution in [2.75, 3.05) is 14.1 Å². The monoisotopic (exact) mass is 316 g/mol. The van der Waals surface area contributed by atoms with E-state index in [0.717, 1.165) is 6.42 Å². The lowest BCUT2D eigenvalue weighted by Crippen LogP contribution is -2.56. The summed E-state index contributed by atoms with van der Waals surface area (Å²) in [5.41, 5.74) is 6.72. The predicted molar refractivity (Wildman–Crippen MR) is 78.6 cm³/mol. The van der Waals surface area contributed by atoms with Gasteiger partial charge in [-0.2, -0.15) is 0 Å². The Morgan fingerprint density at radius 3 is 2.53 bits per heavy atom. The van der Waals surface area contributed by atoms with Crippen molar-refractivity contribution >= 4 is 27.3 Å². The zero-order valence-electron chi connectivity index (χ0n) is 10.6. The van der Waals surface area contributed by atoms with E-state index in [1.54, 1.807) is 11.3 Å². The van der Waals surface area contributed by atoms with E-state index in [2.05, 4.69) is 47.1 Å². The van der Waals surface area contributed by atoms with E-state index in [-0.39, 0.29) is 11.6 Å². The molecule has 1 aliphatic rings. The van der Waals surface area contributed by atoms with Crippen molar-refractivity contribution in [3.63, 3.8) is 0 Å². The fourth-order valence-corrected chi connectivity index (χ4v) is 4.55.